The Morgan fingerprint density at radius 3 is 2.66 bits per heavy atom. The van der Waals surface area contributed by atoms with Gasteiger partial charge < -0.3 is 25.0 Å². The summed E-state index contributed by atoms with van der Waals surface area (Å²) < 4.78 is 34.8. The molecule has 29 heavy (non-hydrogen) atoms. The van der Waals surface area contributed by atoms with Gasteiger partial charge in [0.1, 0.15) is 0 Å². The van der Waals surface area contributed by atoms with Crippen LogP contribution in [0.15, 0.2) is 34.8 Å². The quantitative estimate of drug-likeness (QED) is 0.331. The van der Waals surface area contributed by atoms with Gasteiger partial charge in [-0.2, -0.15) is 8.78 Å². The second-order valence-corrected chi connectivity index (χ2v) is 6.93. The molecule has 0 unspecified atom stereocenters. The standard InChI is InChI=1S/C18H23F2N5O2S.HI/c1-2-26-15-11-13(3-4-14(15)27-16(19)20)12-23-17(21)24-6-8-25(9-7-24)18-22-5-10-28-18;/h3-5,10-11,16H,2,6-9,12H2,1H3,(H2,21,23);1H. The van der Waals surface area contributed by atoms with E-state index in [4.69, 9.17) is 10.5 Å². The predicted molar refractivity (Wildman–Crippen MR) is 121 cm³/mol. The van der Waals surface area contributed by atoms with Gasteiger partial charge in [-0.25, -0.2) is 9.98 Å². The number of piperazine rings is 1. The highest BCUT2D eigenvalue weighted by atomic mass is 127. The first kappa shape index (κ1) is 23.4. The number of benzene rings is 1. The molecule has 0 amide bonds. The summed E-state index contributed by atoms with van der Waals surface area (Å²) in [4.78, 5) is 13.0. The highest BCUT2D eigenvalue weighted by molar-refractivity contribution is 14.0. The fourth-order valence-corrected chi connectivity index (χ4v) is 3.58. The number of aromatic nitrogens is 1. The molecule has 1 aromatic heterocycles. The van der Waals surface area contributed by atoms with Crippen LogP contribution >= 0.6 is 35.3 Å². The first-order chi connectivity index (χ1) is 13.6. The van der Waals surface area contributed by atoms with Crippen LogP contribution in [-0.4, -0.2) is 55.2 Å². The van der Waals surface area contributed by atoms with E-state index in [1.54, 1.807) is 36.6 Å². The first-order valence-corrected chi connectivity index (χ1v) is 9.84. The second kappa shape index (κ2) is 11.3. The van der Waals surface area contributed by atoms with Gasteiger partial charge in [0.05, 0.1) is 13.2 Å². The van der Waals surface area contributed by atoms with Gasteiger partial charge in [-0.3, -0.25) is 0 Å². The second-order valence-electron chi connectivity index (χ2n) is 6.06. The van der Waals surface area contributed by atoms with Gasteiger partial charge >= 0.3 is 6.61 Å². The molecule has 0 spiro atoms. The van der Waals surface area contributed by atoms with E-state index in [1.165, 1.54) is 6.07 Å². The summed E-state index contributed by atoms with van der Waals surface area (Å²) in [6.45, 7) is 2.74. The molecule has 7 nitrogen and oxygen atoms in total. The summed E-state index contributed by atoms with van der Waals surface area (Å²) in [5, 5.41) is 2.98. The van der Waals surface area contributed by atoms with Gasteiger partial charge in [-0.15, -0.1) is 35.3 Å². The zero-order chi connectivity index (χ0) is 19.9. The fraction of sp³-hybridized carbons (Fsp3) is 0.444. The van der Waals surface area contributed by atoms with Gasteiger partial charge in [0, 0.05) is 37.8 Å². The van der Waals surface area contributed by atoms with Crippen LogP contribution in [0.4, 0.5) is 13.9 Å². The van der Waals surface area contributed by atoms with Crippen molar-refractivity contribution in [1.82, 2.24) is 9.88 Å². The van der Waals surface area contributed by atoms with Crippen molar-refractivity contribution in [3.8, 4) is 11.5 Å². The van der Waals surface area contributed by atoms with Crippen LogP contribution in [0.2, 0.25) is 0 Å². The Balaban J connectivity index is 0.00000300. The predicted octanol–water partition coefficient (Wildman–Crippen LogP) is 3.40. The minimum absolute atomic E-state index is 0. The molecule has 11 heteroatoms. The van der Waals surface area contributed by atoms with E-state index >= 15 is 0 Å². The summed E-state index contributed by atoms with van der Waals surface area (Å²) >= 11 is 1.62. The van der Waals surface area contributed by atoms with Crippen LogP contribution < -0.4 is 20.1 Å². The Morgan fingerprint density at radius 2 is 2.03 bits per heavy atom. The van der Waals surface area contributed by atoms with Crippen LogP contribution in [0.1, 0.15) is 12.5 Å². The van der Waals surface area contributed by atoms with E-state index in [9.17, 15) is 8.78 Å². The first-order valence-electron chi connectivity index (χ1n) is 8.96. The maximum atomic E-state index is 12.5. The van der Waals surface area contributed by atoms with Crippen LogP contribution in [0.5, 0.6) is 11.5 Å². The minimum Gasteiger partial charge on any atom is -0.490 e. The Labute approximate surface area is 189 Å². The monoisotopic (exact) mass is 539 g/mol. The van der Waals surface area contributed by atoms with Crippen molar-refractivity contribution in [3.05, 3.63) is 35.3 Å². The summed E-state index contributed by atoms with van der Waals surface area (Å²) in [6, 6.07) is 4.79. The van der Waals surface area contributed by atoms with Crippen molar-refractivity contribution >= 4 is 46.4 Å². The number of guanidine groups is 1. The van der Waals surface area contributed by atoms with Crippen LogP contribution in [0.3, 0.4) is 0 Å². The molecule has 1 fully saturated rings. The molecule has 0 saturated carbocycles. The molecular formula is C18H24F2IN5O2S. The summed E-state index contributed by atoms with van der Waals surface area (Å²) in [5.74, 6) is 0.742. The molecule has 3 rings (SSSR count). The molecule has 160 valence electrons. The lowest BCUT2D eigenvalue weighted by atomic mass is 10.2. The maximum absolute atomic E-state index is 12.5. The average Bonchev–Trinajstić information content (AvgIpc) is 3.22. The normalized spacial score (nSPS) is 14.7. The van der Waals surface area contributed by atoms with Crippen LogP contribution in [-0.2, 0) is 6.54 Å². The Morgan fingerprint density at radius 1 is 1.28 bits per heavy atom. The molecule has 2 aromatic rings. The van der Waals surface area contributed by atoms with Crippen LogP contribution in [0.25, 0.3) is 0 Å². The number of halogens is 3. The zero-order valence-corrected chi connectivity index (χ0v) is 19.1. The number of thiazole rings is 1. The molecular weight excluding hydrogens is 515 g/mol. The molecule has 1 aliphatic heterocycles. The topological polar surface area (TPSA) is 76.2 Å². The Kier molecular flexibility index (Phi) is 9.14. The molecule has 0 aliphatic carbocycles. The third-order valence-corrected chi connectivity index (χ3v) is 5.07. The van der Waals surface area contributed by atoms with Gasteiger partial charge in [0.25, 0.3) is 0 Å². The minimum atomic E-state index is -2.90. The highest BCUT2D eigenvalue weighted by Crippen LogP contribution is 2.30. The van der Waals surface area contributed by atoms with Crippen molar-refractivity contribution in [2.75, 3.05) is 37.7 Å². The van der Waals surface area contributed by atoms with E-state index in [0.717, 1.165) is 36.9 Å². The van der Waals surface area contributed by atoms with E-state index < -0.39 is 6.61 Å². The van der Waals surface area contributed by atoms with Gasteiger partial charge in [-0.1, -0.05) is 6.07 Å². The number of nitrogens with zero attached hydrogens (tertiary/aromatic N) is 4. The molecule has 1 aliphatic rings. The van der Waals surface area contributed by atoms with Gasteiger partial charge in [0.15, 0.2) is 22.6 Å². The summed E-state index contributed by atoms with van der Waals surface area (Å²) in [7, 11) is 0. The number of ether oxygens (including phenoxy) is 2. The maximum Gasteiger partial charge on any atom is 0.387 e. The molecule has 0 atom stereocenters. The fourth-order valence-electron chi connectivity index (χ4n) is 2.88. The number of aliphatic imine (C=N–C) groups is 1. The van der Waals surface area contributed by atoms with Crippen LogP contribution in [0, 0.1) is 0 Å². The van der Waals surface area contributed by atoms with Crippen molar-refractivity contribution in [3.63, 3.8) is 0 Å². The summed E-state index contributed by atoms with van der Waals surface area (Å²) in [5.41, 5.74) is 6.94. The lowest BCUT2D eigenvalue weighted by molar-refractivity contribution is -0.0514. The number of anilines is 1. The van der Waals surface area contributed by atoms with E-state index in [-0.39, 0.29) is 35.5 Å². The SMILES string of the molecule is CCOc1cc(CN=C(N)N2CCN(c3nccs3)CC2)ccc1OC(F)F.I. The van der Waals surface area contributed by atoms with Gasteiger partial charge in [0.2, 0.25) is 0 Å². The Bertz CT molecular complexity index is 787. The Hall–Kier alpha value is -1.89. The molecule has 1 saturated heterocycles. The highest BCUT2D eigenvalue weighted by Gasteiger charge is 2.20. The van der Waals surface area contributed by atoms with Crippen molar-refractivity contribution < 1.29 is 18.3 Å². The van der Waals surface area contributed by atoms with Crippen molar-refractivity contribution in [2.45, 2.75) is 20.1 Å². The molecule has 0 radical (unpaired) electrons. The largest absolute Gasteiger partial charge is 0.490 e. The lowest BCUT2D eigenvalue weighted by Crippen LogP contribution is -2.51. The number of nitrogens with two attached hydrogens (primary N) is 1. The van der Waals surface area contributed by atoms with E-state index in [1.807, 2.05) is 10.3 Å². The molecule has 1 aromatic carbocycles. The van der Waals surface area contributed by atoms with Crippen molar-refractivity contribution in [2.24, 2.45) is 10.7 Å². The molecule has 2 N–H and O–H groups in total. The van der Waals surface area contributed by atoms with E-state index in [2.05, 4.69) is 19.6 Å². The smallest absolute Gasteiger partial charge is 0.387 e. The average molecular weight is 539 g/mol. The van der Waals surface area contributed by atoms with E-state index in [0.29, 0.717) is 19.1 Å². The number of alkyl halides is 2. The summed E-state index contributed by atoms with van der Waals surface area (Å²) in [6.07, 6.45) is 1.80. The van der Waals surface area contributed by atoms with Gasteiger partial charge in [-0.05, 0) is 24.6 Å². The third-order valence-electron chi connectivity index (χ3n) is 4.24. The number of rotatable bonds is 7. The molecule has 0 bridgehead atoms. The number of hydrogen-bond acceptors (Lipinski definition) is 6. The third kappa shape index (κ3) is 6.56. The lowest BCUT2D eigenvalue weighted by Gasteiger charge is -2.35. The zero-order valence-electron chi connectivity index (χ0n) is 16.0. The molecule has 2 heterocycles. The van der Waals surface area contributed by atoms with Crippen molar-refractivity contribution in [1.29, 1.82) is 0 Å². The number of hydrogen-bond donors (Lipinski definition) is 1.